The molecule has 0 radical (unpaired) electrons. The molecule has 0 aliphatic carbocycles. The van der Waals surface area contributed by atoms with E-state index in [2.05, 4.69) is 0 Å². The minimum absolute atomic E-state index is 0.400. The summed E-state index contributed by atoms with van der Waals surface area (Å²) >= 11 is 0. The van der Waals surface area contributed by atoms with E-state index in [9.17, 15) is 4.39 Å². The van der Waals surface area contributed by atoms with Crippen molar-refractivity contribution in [1.82, 2.24) is 0 Å². The smallest absolute Gasteiger partial charge is 0.190 e. The molecule has 2 heteroatoms. The van der Waals surface area contributed by atoms with Crippen LogP contribution >= 0.6 is 0 Å². The molecular formula is C8H6FN. The van der Waals surface area contributed by atoms with Gasteiger partial charge in [-0.1, -0.05) is 30.3 Å². The fourth-order valence-corrected chi connectivity index (χ4v) is 0.657. The Morgan fingerprint density at radius 1 is 1.30 bits per heavy atom. The van der Waals surface area contributed by atoms with Gasteiger partial charge in [-0.15, -0.1) is 0 Å². The molecule has 0 spiro atoms. The summed E-state index contributed by atoms with van der Waals surface area (Å²) < 4.78 is 12.5. The minimum atomic E-state index is -0.624. The molecule has 50 valence electrons. The number of rotatable bonds is 1. The number of hydrogen-bond acceptors (Lipinski definition) is 1. The Hall–Kier alpha value is -1.40. The molecule has 1 rings (SSSR count). The molecule has 0 atom stereocenters. The summed E-state index contributed by atoms with van der Waals surface area (Å²) in [6.07, 6.45) is 0. The molecule has 1 nitrogen and oxygen atoms in total. The van der Waals surface area contributed by atoms with E-state index < -0.39 is 5.83 Å². The maximum Gasteiger partial charge on any atom is 0.190 e. The van der Waals surface area contributed by atoms with Crippen LogP contribution in [0.5, 0.6) is 0 Å². The van der Waals surface area contributed by atoms with Crippen LogP contribution in [0.4, 0.5) is 4.39 Å². The summed E-state index contributed by atoms with van der Waals surface area (Å²) in [6, 6.07) is 8.41. The van der Waals surface area contributed by atoms with E-state index in [-0.39, 0.29) is 0 Å². The summed E-state index contributed by atoms with van der Waals surface area (Å²) in [5.41, 5.74) is 0.400. The number of benzene rings is 1. The van der Waals surface area contributed by atoms with Gasteiger partial charge in [0, 0.05) is 11.4 Å². The fourth-order valence-electron chi connectivity index (χ4n) is 0.657. The Morgan fingerprint density at radius 3 is 2.40 bits per heavy atom. The maximum absolute atomic E-state index is 12.5. The number of halogens is 1. The lowest BCUT2D eigenvalue weighted by Gasteiger charge is -1.89. The van der Waals surface area contributed by atoms with Gasteiger partial charge in [0.2, 0.25) is 0 Å². The molecule has 0 heterocycles. The van der Waals surface area contributed by atoms with Gasteiger partial charge in [0.15, 0.2) is 5.83 Å². The van der Waals surface area contributed by atoms with Gasteiger partial charge in [-0.25, -0.2) is 0 Å². The third-order valence-corrected chi connectivity index (χ3v) is 1.14. The average Bonchev–Trinajstić information content (AvgIpc) is 2.05. The number of nitrogens with one attached hydrogen (secondary N) is 1. The van der Waals surface area contributed by atoms with Crippen LogP contribution in [0.25, 0.3) is 5.83 Å². The largest absolute Gasteiger partial charge is 0.256 e. The standard InChI is InChI=1S/C8H6FN/c9-8(6-10)7-4-2-1-3-5-7/h1-5,10H. The normalized spacial score (nSPS) is 8.50. The van der Waals surface area contributed by atoms with Crippen molar-refractivity contribution in [3.8, 4) is 0 Å². The Labute approximate surface area is 58.3 Å². The molecule has 0 amide bonds. The molecule has 0 aliphatic heterocycles. The molecule has 0 aliphatic rings. The van der Waals surface area contributed by atoms with Crippen molar-refractivity contribution in [1.29, 1.82) is 5.41 Å². The van der Waals surface area contributed by atoms with Crippen molar-refractivity contribution in [2.45, 2.75) is 0 Å². The van der Waals surface area contributed by atoms with Crippen molar-refractivity contribution >= 4 is 11.7 Å². The second-order valence-electron chi connectivity index (χ2n) is 1.81. The molecule has 0 aromatic heterocycles. The first kappa shape index (κ1) is 6.72. The second-order valence-corrected chi connectivity index (χ2v) is 1.81. The molecule has 1 aromatic rings. The topological polar surface area (TPSA) is 23.9 Å². The van der Waals surface area contributed by atoms with E-state index in [0.29, 0.717) is 5.56 Å². The van der Waals surface area contributed by atoms with Gasteiger partial charge >= 0.3 is 0 Å². The molecule has 1 N–H and O–H groups in total. The van der Waals surface area contributed by atoms with Gasteiger partial charge in [0.25, 0.3) is 0 Å². The Bertz CT molecular complexity index is 260. The summed E-state index contributed by atoms with van der Waals surface area (Å²) in [5.74, 6) is 1.06. The predicted molar refractivity (Wildman–Crippen MR) is 38.7 cm³/mol. The highest BCUT2D eigenvalue weighted by molar-refractivity contribution is 5.83. The van der Waals surface area contributed by atoms with E-state index in [0.717, 1.165) is 0 Å². The highest BCUT2D eigenvalue weighted by atomic mass is 19.1. The lowest BCUT2D eigenvalue weighted by atomic mass is 10.2. The number of hydrogen-bond donors (Lipinski definition) is 1. The SMILES string of the molecule is N=C=C(F)c1ccccc1. The van der Waals surface area contributed by atoms with Crippen LogP contribution < -0.4 is 0 Å². The molecule has 0 unspecified atom stereocenters. The van der Waals surface area contributed by atoms with Gasteiger partial charge in [0.05, 0.1) is 0 Å². The summed E-state index contributed by atoms with van der Waals surface area (Å²) in [5, 5.41) is 6.48. The van der Waals surface area contributed by atoms with Crippen molar-refractivity contribution in [2.75, 3.05) is 0 Å². The van der Waals surface area contributed by atoms with E-state index in [1.807, 2.05) is 0 Å². The first-order valence-corrected chi connectivity index (χ1v) is 2.85. The maximum atomic E-state index is 12.5. The van der Waals surface area contributed by atoms with Crippen molar-refractivity contribution in [3.05, 3.63) is 35.9 Å². The van der Waals surface area contributed by atoms with Crippen LogP contribution in [0.2, 0.25) is 0 Å². The van der Waals surface area contributed by atoms with Gasteiger partial charge in [0.1, 0.15) is 0 Å². The minimum Gasteiger partial charge on any atom is -0.256 e. The summed E-state index contributed by atoms with van der Waals surface area (Å²) in [7, 11) is 0. The van der Waals surface area contributed by atoms with Crippen LogP contribution in [-0.4, -0.2) is 5.87 Å². The molecule has 0 fully saturated rings. The Morgan fingerprint density at radius 2 is 1.90 bits per heavy atom. The van der Waals surface area contributed by atoms with Crippen LogP contribution in [0.15, 0.2) is 30.3 Å². The van der Waals surface area contributed by atoms with Crippen LogP contribution in [0.1, 0.15) is 5.56 Å². The van der Waals surface area contributed by atoms with Gasteiger partial charge < -0.3 is 0 Å². The highest BCUT2D eigenvalue weighted by Crippen LogP contribution is 2.10. The monoisotopic (exact) mass is 135 g/mol. The molecule has 1 aromatic carbocycles. The second kappa shape index (κ2) is 2.95. The average molecular weight is 135 g/mol. The van der Waals surface area contributed by atoms with E-state index in [4.69, 9.17) is 5.41 Å². The molecule has 0 saturated carbocycles. The third-order valence-electron chi connectivity index (χ3n) is 1.14. The molecule has 0 bridgehead atoms. The van der Waals surface area contributed by atoms with E-state index in [1.54, 1.807) is 36.2 Å². The highest BCUT2D eigenvalue weighted by Gasteiger charge is 1.94. The van der Waals surface area contributed by atoms with E-state index >= 15 is 0 Å². The van der Waals surface area contributed by atoms with Gasteiger partial charge in [-0.05, 0) is 0 Å². The first-order chi connectivity index (χ1) is 4.84. The lowest BCUT2D eigenvalue weighted by Crippen LogP contribution is -1.74. The zero-order valence-corrected chi connectivity index (χ0v) is 5.26. The quantitative estimate of drug-likeness (QED) is 0.571. The van der Waals surface area contributed by atoms with Gasteiger partial charge in [-0.2, -0.15) is 4.39 Å². The van der Waals surface area contributed by atoms with Crippen molar-refractivity contribution in [3.63, 3.8) is 0 Å². The molecule has 0 saturated heterocycles. The Kier molecular flexibility index (Phi) is 1.98. The summed E-state index contributed by atoms with van der Waals surface area (Å²) in [4.78, 5) is 0. The molecule has 10 heavy (non-hydrogen) atoms. The van der Waals surface area contributed by atoms with Crippen LogP contribution in [0, 0.1) is 5.41 Å². The lowest BCUT2D eigenvalue weighted by molar-refractivity contribution is 0.768. The fraction of sp³-hybridized carbons (Fsp3) is 0. The predicted octanol–water partition coefficient (Wildman–Crippen LogP) is 2.25. The summed E-state index contributed by atoms with van der Waals surface area (Å²) in [6.45, 7) is 0. The van der Waals surface area contributed by atoms with Crippen LogP contribution in [0.3, 0.4) is 0 Å². The molecular weight excluding hydrogens is 129 g/mol. The third kappa shape index (κ3) is 1.30. The van der Waals surface area contributed by atoms with Gasteiger partial charge in [-0.3, -0.25) is 5.41 Å². The van der Waals surface area contributed by atoms with E-state index in [1.165, 1.54) is 0 Å². The zero-order chi connectivity index (χ0) is 7.40. The zero-order valence-electron chi connectivity index (χ0n) is 5.26. The van der Waals surface area contributed by atoms with Crippen LogP contribution in [-0.2, 0) is 0 Å². The first-order valence-electron chi connectivity index (χ1n) is 2.85. The Balaban J connectivity index is 3.08. The van der Waals surface area contributed by atoms with Crippen molar-refractivity contribution in [2.24, 2.45) is 0 Å². The van der Waals surface area contributed by atoms with Crippen molar-refractivity contribution < 1.29 is 4.39 Å².